The number of amides is 1. The van der Waals surface area contributed by atoms with Crippen LogP contribution in [0, 0.1) is 0 Å². The highest BCUT2D eigenvalue weighted by Crippen LogP contribution is 2.35. The molecule has 3 atom stereocenters. The maximum Gasteiger partial charge on any atom is 0.302 e. The quantitative estimate of drug-likeness (QED) is 0.626. The van der Waals surface area contributed by atoms with Crippen LogP contribution in [0.3, 0.4) is 0 Å². The molecule has 0 aromatic heterocycles. The molecule has 110 valence electrons. The summed E-state index contributed by atoms with van der Waals surface area (Å²) in [5, 5.41) is 3.32. The fraction of sp³-hybridized carbons (Fsp3) is 0.615. The number of fused-ring (bicyclic) bond motifs is 1. The summed E-state index contributed by atoms with van der Waals surface area (Å²) in [7, 11) is 0. The van der Waals surface area contributed by atoms with Crippen molar-refractivity contribution < 1.29 is 19.1 Å². The molecular formula is C13H18N2O4S. The summed E-state index contributed by atoms with van der Waals surface area (Å²) >= 11 is 1.41. The molecule has 1 saturated heterocycles. The number of nitrogens with zero attached hydrogens (tertiary/aromatic N) is 1. The third-order valence-electron chi connectivity index (χ3n) is 2.96. The maximum atomic E-state index is 11.5. The summed E-state index contributed by atoms with van der Waals surface area (Å²) in [6, 6.07) is 0.0643. The first-order chi connectivity index (χ1) is 9.58. The van der Waals surface area contributed by atoms with E-state index in [2.05, 4.69) is 10.3 Å². The Hall–Kier alpha value is -1.34. The van der Waals surface area contributed by atoms with Gasteiger partial charge < -0.3 is 14.8 Å². The van der Waals surface area contributed by atoms with E-state index in [1.165, 1.54) is 24.8 Å². The lowest BCUT2D eigenvalue weighted by atomic mass is 10.1. The minimum absolute atomic E-state index is 0.0643. The molecule has 2 rings (SSSR count). The number of hydrogen-bond donors (Lipinski definition) is 1. The zero-order chi connectivity index (χ0) is 14.5. The van der Waals surface area contributed by atoms with E-state index in [0.29, 0.717) is 5.17 Å². The molecule has 6 nitrogen and oxygen atoms in total. The van der Waals surface area contributed by atoms with Crippen molar-refractivity contribution in [2.45, 2.75) is 44.3 Å². The molecule has 1 amide bonds. The van der Waals surface area contributed by atoms with Gasteiger partial charge in [-0.05, 0) is 25.8 Å². The van der Waals surface area contributed by atoms with Gasteiger partial charge >= 0.3 is 5.97 Å². The number of amidine groups is 1. The lowest BCUT2D eigenvalue weighted by Gasteiger charge is -2.29. The van der Waals surface area contributed by atoms with Gasteiger partial charge in [0.05, 0.1) is 12.1 Å². The molecule has 2 heterocycles. The molecule has 1 N–H and O–H groups in total. The van der Waals surface area contributed by atoms with Gasteiger partial charge in [-0.3, -0.25) is 14.6 Å². The standard InChI is InChI=1S/C13H18N2O4S/c1-3-4-11(17)15-13-14-10-6-5-9(7-18-8(2)16)19-12(10)20-13/h3-4,9-10,12H,5-7H2,1-2H3,(H,14,15,17)/b4-3+/t9-,10-,12-/m1/s1. The van der Waals surface area contributed by atoms with Crippen LogP contribution in [0.25, 0.3) is 0 Å². The van der Waals surface area contributed by atoms with E-state index in [1.807, 2.05) is 0 Å². The largest absolute Gasteiger partial charge is 0.463 e. The minimum Gasteiger partial charge on any atom is -0.463 e. The minimum atomic E-state index is -0.301. The van der Waals surface area contributed by atoms with E-state index in [0.717, 1.165) is 12.8 Å². The molecule has 0 aromatic carbocycles. The number of carbonyl (C=O) groups is 2. The van der Waals surface area contributed by atoms with Crippen LogP contribution in [-0.4, -0.2) is 41.2 Å². The number of allylic oxidation sites excluding steroid dienone is 1. The van der Waals surface area contributed by atoms with E-state index >= 15 is 0 Å². The van der Waals surface area contributed by atoms with Crippen molar-refractivity contribution in [1.82, 2.24) is 5.32 Å². The Labute approximate surface area is 122 Å². The molecule has 2 aliphatic heterocycles. The van der Waals surface area contributed by atoms with E-state index in [9.17, 15) is 9.59 Å². The van der Waals surface area contributed by atoms with Gasteiger partial charge in [0.1, 0.15) is 12.0 Å². The molecule has 0 aromatic rings. The van der Waals surface area contributed by atoms with Crippen molar-refractivity contribution in [3.8, 4) is 0 Å². The second-order valence-corrected chi connectivity index (χ2v) is 5.70. The molecule has 0 saturated carbocycles. The Morgan fingerprint density at radius 2 is 2.35 bits per heavy atom. The van der Waals surface area contributed by atoms with Gasteiger partial charge in [-0.15, -0.1) is 0 Å². The number of rotatable bonds is 3. The average molecular weight is 298 g/mol. The van der Waals surface area contributed by atoms with Crippen molar-refractivity contribution in [2.24, 2.45) is 4.99 Å². The van der Waals surface area contributed by atoms with Gasteiger partial charge in [0.2, 0.25) is 5.91 Å². The van der Waals surface area contributed by atoms with E-state index < -0.39 is 0 Å². The fourth-order valence-electron chi connectivity index (χ4n) is 2.06. The van der Waals surface area contributed by atoms with Gasteiger partial charge in [-0.2, -0.15) is 0 Å². The first-order valence-electron chi connectivity index (χ1n) is 6.55. The van der Waals surface area contributed by atoms with Crippen LogP contribution < -0.4 is 5.32 Å². The Morgan fingerprint density at radius 1 is 1.55 bits per heavy atom. The molecule has 2 aliphatic rings. The SMILES string of the molecule is C/C=C/C(=O)NC1=N[C@@H]2CC[C@H](COC(C)=O)O[C@@H]2S1. The monoisotopic (exact) mass is 298 g/mol. The molecular weight excluding hydrogens is 280 g/mol. The van der Waals surface area contributed by atoms with Crippen LogP contribution >= 0.6 is 11.8 Å². The molecule has 0 bridgehead atoms. The first kappa shape index (κ1) is 15.1. The summed E-state index contributed by atoms with van der Waals surface area (Å²) in [6.45, 7) is 3.44. The van der Waals surface area contributed by atoms with Crippen molar-refractivity contribution in [1.29, 1.82) is 0 Å². The molecule has 0 spiro atoms. The van der Waals surface area contributed by atoms with Crippen molar-refractivity contribution in [3.05, 3.63) is 12.2 Å². The van der Waals surface area contributed by atoms with Gasteiger partial charge in [0.15, 0.2) is 5.17 Å². The Bertz CT molecular complexity index is 450. The van der Waals surface area contributed by atoms with Crippen LogP contribution in [0.1, 0.15) is 26.7 Å². The predicted octanol–water partition coefficient (Wildman–Crippen LogP) is 1.22. The number of esters is 1. The molecule has 7 heteroatoms. The molecule has 0 unspecified atom stereocenters. The number of carbonyl (C=O) groups excluding carboxylic acids is 2. The Morgan fingerprint density at radius 3 is 3.05 bits per heavy atom. The maximum absolute atomic E-state index is 11.5. The highest BCUT2D eigenvalue weighted by atomic mass is 32.2. The smallest absolute Gasteiger partial charge is 0.302 e. The van der Waals surface area contributed by atoms with Crippen LogP contribution in [-0.2, 0) is 19.1 Å². The highest BCUT2D eigenvalue weighted by molar-refractivity contribution is 8.14. The zero-order valence-corrected chi connectivity index (χ0v) is 12.3. The van der Waals surface area contributed by atoms with Gasteiger partial charge in [0, 0.05) is 6.92 Å². The van der Waals surface area contributed by atoms with Crippen molar-refractivity contribution in [3.63, 3.8) is 0 Å². The van der Waals surface area contributed by atoms with Gasteiger partial charge in [-0.1, -0.05) is 17.8 Å². The second-order valence-electron chi connectivity index (χ2n) is 4.62. The van der Waals surface area contributed by atoms with Crippen LogP contribution in [0.4, 0.5) is 0 Å². The number of ether oxygens (including phenoxy) is 2. The first-order valence-corrected chi connectivity index (χ1v) is 7.43. The summed E-state index contributed by atoms with van der Waals surface area (Å²) in [4.78, 5) is 26.7. The lowest BCUT2D eigenvalue weighted by molar-refractivity contribution is -0.147. The second kappa shape index (κ2) is 6.90. The molecule has 0 aliphatic carbocycles. The summed E-state index contributed by atoms with van der Waals surface area (Å²) in [5.74, 6) is -0.487. The van der Waals surface area contributed by atoms with Crippen molar-refractivity contribution >= 4 is 28.8 Å². The van der Waals surface area contributed by atoms with Crippen molar-refractivity contribution in [2.75, 3.05) is 6.61 Å². The summed E-state index contributed by atoms with van der Waals surface area (Å²) in [5.41, 5.74) is -0.106. The number of nitrogens with one attached hydrogen (secondary N) is 1. The third kappa shape index (κ3) is 4.08. The van der Waals surface area contributed by atoms with Crippen LogP contribution in [0.2, 0.25) is 0 Å². The van der Waals surface area contributed by atoms with E-state index in [1.54, 1.807) is 13.0 Å². The van der Waals surface area contributed by atoms with Gasteiger partial charge in [0.25, 0.3) is 0 Å². The predicted molar refractivity (Wildman–Crippen MR) is 76.3 cm³/mol. The van der Waals surface area contributed by atoms with Crippen LogP contribution in [0.15, 0.2) is 17.1 Å². The van der Waals surface area contributed by atoms with Crippen LogP contribution in [0.5, 0.6) is 0 Å². The van der Waals surface area contributed by atoms with Gasteiger partial charge in [-0.25, -0.2) is 0 Å². The lowest BCUT2D eigenvalue weighted by Crippen LogP contribution is -2.36. The molecule has 20 heavy (non-hydrogen) atoms. The average Bonchev–Trinajstić information content (AvgIpc) is 2.77. The zero-order valence-electron chi connectivity index (χ0n) is 11.5. The molecule has 0 radical (unpaired) electrons. The Balaban J connectivity index is 1.82. The summed E-state index contributed by atoms with van der Waals surface area (Å²) in [6.07, 6.45) is 4.71. The Kier molecular flexibility index (Phi) is 5.19. The highest BCUT2D eigenvalue weighted by Gasteiger charge is 2.37. The number of aliphatic imine (C=N–C) groups is 1. The number of hydrogen-bond acceptors (Lipinski definition) is 6. The fourth-order valence-corrected chi connectivity index (χ4v) is 3.20. The topological polar surface area (TPSA) is 77.0 Å². The molecule has 1 fully saturated rings. The summed E-state index contributed by atoms with van der Waals surface area (Å²) < 4.78 is 10.8. The van der Waals surface area contributed by atoms with E-state index in [-0.39, 0.29) is 36.1 Å². The van der Waals surface area contributed by atoms with E-state index in [4.69, 9.17) is 9.47 Å². The third-order valence-corrected chi connectivity index (χ3v) is 4.04. The normalized spacial score (nSPS) is 28.9. The number of thioether (sulfide) groups is 1.